The predicted octanol–water partition coefficient (Wildman–Crippen LogP) is 2.66. The molecule has 0 saturated heterocycles. The van der Waals surface area contributed by atoms with Crippen molar-refractivity contribution in [3.8, 4) is 0 Å². The predicted molar refractivity (Wildman–Crippen MR) is 69.8 cm³/mol. The summed E-state index contributed by atoms with van der Waals surface area (Å²) in [6.07, 6.45) is 0. The summed E-state index contributed by atoms with van der Waals surface area (Å²) in [5, 5.41) is 9.04. The standard InChI is InChI=1S/C13H15ClFNO3/c1-3-16(7-8(2)13(18)19)12(17)10-5-4-9(14)6-11(10)15/h4-6,8H,3,7H2,1-2H3,(H,18,19). The topological polar surface area (TPSA) is 57.6 Å². The molecule has 0 spiro atoms. The molecule has 1 unspecified atom stereocenters. The summed E-state index contributed by atoms with van der Waals surface area (Å²) in [5.74, 6) is -2.95. The van der Waals surface area contributed by atoms with Gasteiger partial charge in [-0.15, -0.1) is 0 Å². The van der Waals surface area contributed by atoms with Crippen LogP contribution in [-0.4, -0.2) is 35.0 Å². The number of carbonyl (C=O) groups is 2. The van der Waals surface area contributed by atoms with Crippen LogP contribution in [0.4, 0.5) is 4.39 Å². The second kappa shape index (κ2) is 6.52. The summed E-state index contributed by atoms with van der Waals surface area (Å²) in [4.78, 5) is 24.2. The molecular weight excluding hydrogens is 273 g/mol. The fraction of sp³-hybridized carbons (Fsp3) is 0.385. The number of rotatable bonds is 5. The Bertz CT molecular complexity index is 493. The number of halogens is 2. The molecule has 0 aromatic heterocycles. The van der Waals surface area contributed by atoms with Crippen molar-refractivity contribution in [1.82, 2.24) is 4.90 Å². The molecule has 1 aromatic carbocycles. The molecule has 0 saturated carbocycles. The molecular formula is C13H15ClFNO3. The van der Waals surface area contributed by atoms with Crippen molar-refractivity contribution in [3.63, 3.8) is 0 Å². The number of hydrogen-bond acceptors (Lipinski definition) is 2. The highest BCUT2D eigenvalue weighted by molar-refractivity contribution is 6.30. The SMILES string of the molecule is CCN(CC(C)C(=O)O)C(=O)c1ccc(Cl)cc1F. The number of carboxylic acids is 1. The molecule has 0 aliphatic carbocycles. The van der Waals surface area contributed by atoms with E-state index in [0.717, 1.165) is 6.07 Å². The zero-order valence-corrected chi connectivity index (χ0v) is 11.4. The maximum Gasteiger partial charge on any atom is 0.308 e. The minimum Gasteiger partial charge on any atom is -0.481 e. The van der Waals surface area contributed by atoms with Gasteiger partial charge in [0.1, 0.15) is 5.82 Å². The molecule has 1 rings (SSSR count). The van der Waals surface area contributed by atoms with Crippen LogP contribution in [0, 0.1) is 11.7 Å². The van der Waals surface area contributed by atoms with Crippen LogP contribution in [0.25, 0.3) is 0 Å². The van der Waals surface area contributed by atoms with Crippen molar-refractivity contribution in [2.45, 2.75) is 13.8 Å². The normalized spacial score (nSPS) is 12.0. The second-order valence-corrected chi connectivity index (χ2v) is 4.64. The zero-order valence-electron chi connectivity index (χ0n) is 10.7. The number of hydrogen-bond donors (Lipinski definition) is 1. The lowest BCUT2D eigenvalue weighted by molar-refractivity contribution is -0.141. The average Bonchev–Trinajstić information content (AvgIpc) is 2.34. The molecule has 0 heterocycles. The minimum absolute atomic E-state index is 0.0345. The highest BCUT2D eigenvalue weighted by Gasteiger charge is 2.22. The van der Waals surface area contributed by atoms with Crippen molar-refractivity contribution >= 4 is 23.5 Å². The lowest BCUT2D eigenvalue weighted by Gasteiger charge is -2.23. The van der Waals surface area contributed by atoms with E-state index in [1.165, 1.54) is 24.0 Å². The van der Waals surface area contributed by atoms with E-state index in [2.05, 4.69) is 0 Å². The number of carboxylic acid groups (broad SMARTS) is 1. The van der Waals surface area contributed by atoms with Gasteiger partial charge in [0.2, 0.25) is 0 Å². The Morgan fingerprint density at radius 3 is 2.58 bits per heavy atom. The average molecular weight is 288 g/mol. The first kappa shape index (κ1) is 15.4. The first-order chi connectivity index (χ1) is 8.86. The zero-order chi connectivity index (χ0) is 14.6. The van der Waals surface area contributed by atoms with Gasteiger partial charge in [-0.3, -0.25) is 9.59 Å². The van der Waals surface area contributed by atoms with Crippen molar-refractivity contribution < 1.29 is 19.1 Å². The summed E-state index contributed by atoms with van der Waals surface area (Å²) < 4.78 is 13.6. The molecule has 4 nitrogen and oxygen atoms in total. The third-order valence-corrected chi connectivity index (χ3v) is 2.98. The van der Waals surface area contributed by atoms with Gasteiger partial charge in [0.15, 0.2) is 0 Å². The number of benzene rings is 1. The monoisotopic (exact) mass is 287 g/mol. The Morgan fingerprint density at radius 1 is 1.47 bits per heavy atom. The van der Waals surface area contributed by atoms with Crippen LogP contribution in [0.1, 0.15) is 24.2 Å². The molecule has 0 aliphatic heterocycles. The lowest BCUT2D eigenvalue weighted by Crippen LogP contribution is -2.37. The van der Waals surface area contributed by atoms with Gasteiger partial charge in [0.05, 0.1) is 11.5 Å². The molecule has 0 fully saturated rings. The Kier molecular flexibility index (Phi) is 5.30. The fourth-order valence-corrected chi connectivity index (χ4v) is 1.76. The van der Waals surface area contributed by atoms with E-state index < -0.39 is 23.6 Å². The van der Waals surface area contributed by atoms with Crippen LogP contribution in [0.2, 0.25) is 5.02 Å². The van der Waals surface area contributed by atoms with E-state index in [-0.39, 0.29) is 17.1 Å². The fourth-order valence-electron chi connectivity index (χ4n) is 1.60. The van der Waals surface area contributed by atoms with Gasteiger partial charge in [0, 0.05) is 18.1 Å². The highest BCUT2D eigenvalue weighted by atomic mass is 35.5. The van der Waals surface area contributed by atoms with E-state index in [0.29, 0.717) is 6.54 Å². The molecule has 1 N–H and O–H groups in total. The van der Waals surface area contributed by atoms with Crippen LogP contribution >= 0.6 is 11.6 Å². The van der Waals surface area contributed by atoms with Crippen molar-refractivity contribution in [2.24, 2.45) is 5.92 Å². The van der Waals surface area contributed by atoms with Gasteiger partial charge >= 0.3 is 5.97 Å². The summed E-state index contributed by atoms with van der Waals surface area (Å²) in [6.45, 7) is 3.54. The number of amides is 1. The van der Waals surface area contributed by atoms with Gasteiger partial charge in [-0.25, -0.2) is 4.39 Å². The van der Waals surface area contributed by atoms with Gasteiger partial charge in [-0.1, -0.05) is 18.5 Å². The van der Waals surface area contributed by atoms with E-state index in [1.807, 2.05) is 0 Å². The van der Waals surface area contributed by atoms with Gasteiger partial charge < -0.3 is 10.0 Å². The third kappa shape index (κ3) is 3.92. The Balaban J connectivity index is 2.92. The van der Waals surface area contributed by atoms with Crippen molar-refractivity contribution in [3.05, 3.63) is 34.6 Å². The van der Waals surface area contributed by atoms with E-state index >= 15 is 0 Å². The summed E-state index contributed by atoms with van der Waals surface area (Å²) in [5.41, 5.74) is -0.108. The summed E-state index contributed by atoms with van der Waals surface area (Å²) in [7, 11) is 0. The molecule has 6 heteroatoms. The van der Waals surface area contributed by atoms with Crippen LogP contribution in [-0.2, 0) is 4.79 Å². The number of aliphatic carboxylic acids is 1. The summed E-state index contributed by atoms with van der Waals surface area (Å²) >= 11 is 5.62. The Labute approximate surface area is 115 Å². The van der Waals surface area contributed by atoms with Crippen LogP contribution in [0.15, 0.2) is 18.2 Å². The van der Waals surface area contributed by atoms with E-state index in [4.69, 9.17) is 16.7 Å². The molecule has 1 aromatic rings. The molecule has 0 radical (unpaired) electrons. The van der Waals surface area contributed by atoms with Gasteiger partial charge in [0.25, 0.3) is 5.91 Å². The lowest BCUT2D eigenvalue weighted by atomic mass is 10.1. The van der Waals surface area contributed by atoms with Crippen LogP contribution in [0.3, 0.4) is 0 Å². The Hall–Kier alpha value is -1.62. The molecule has 104 valence electrons. The summed E-state index contributed by atoms with van der Waals surface area (Å²) in [6, 6.07) is 3.78. The number of nitrogens with zero attached hydrogens (tertiary/aromatic N) is 1. The second-order valence-electron chi connectivity index (χ2n) is 4.21. The van der Waals surface area contributed by atoms with Crippen LogP contribution < -0.4 is 0 Å². The van der Waals surface area contributed by atoms with Crippen LogP contribution in [0.5, 0.6) is 0 Å². The van der Waals surface area contributed by atoms with Gasteiger partial charge in [-0.05, 0) is 25.1 Å². The highest BCUT2D eigenvalue weighted by Crippen LogP contribution is 2.17. The van der Waals surface area contributed by atoms with Crippen molar-refractivity contribution in [2.75, 3.05) is 13.1 Å². The first-order valence-corrected chi connectivity index (χ1v) is 6.21. The first-order valence-electron chi connectivity index (χ1n) is 5.84. The van der Waals surface area contributed by atoms with E-state index in [9.17, 15) is 14.0 Å². The maximum absolute atomic E-state index is 13.6. The van der Waals surface area contributed by atoms with E-state index in [1.54, 1.807) is 6.92 Å². The number of carbonyl (C=O) groups excluding carboxylic acids is 1. The molecule has 0 bridgehead atoms. The molecule has 0 aliphatic rings. The molecule has 19 heavy (non-hydrogen) atoms. The molecule has 1 amide bonds. The largest absolute Gasteiger partial charge is 0.481 e. The van der Waals surface area contributed by atoms with Gasteiger partial charge in [-0.2, -0.15) is 0 Å². The minimum atomic E-state index is -0.997. The Morgan fingerprint density at radius 2 is 2.11 bits per heavy atom. The molecule has 1 atom stereocenters. The maximum atomic E-state index is 13.6. The smallest absolute Gasteiger partial charge is 0.308 e. The van der Waals surface area contributed by atoms with Crippen molar-refractivity contribution in [1.29, 1.82) is 0 Å². The quantitative estimate of drug-likeness (QED) is 0.906. The third-order valence-electron chi connectivity index (χ3n) is 2.75.